The topological polar surface area (TPSA) is 87.6 Å². The minimum Gasteiger partial charge on any atom is -0.381 e. The average molecular weight is 427 g/mol. The van der Waals surface area contributed by atoms with Crippen LogP contribution >= 0.6 is 24.8 Å². The SMILES string of the molecule is Cl.Cl.Cn1cc(-n2nc(C3CCOC3)nc2-c2cn3c(n2)CCNCC3)cn1. The predicted molar refractivity (Wildman–Crippen MR) is 109 cm³/mol. The fraction of sp³-hybridized carbons (Fsp3) is 0.529. The van der Waals surface area contributed by atoms with E-state index in [-0.39, 0.29) is 30.7 Å². The number of nitrogens with one attached hydrogen (secondary N) is 1. The molecule has 9 nitrogen and oxygen atoms in total. The Kier molecular flexibility index (Phi) is 6.39. The molecule has 5 heterocycles. The van der Waals surface area contributed by atoms with Crippen molar-refractivity contribution in [3.63, 3.8) is 0 Å². The Morgan fingerprint density at radius 3 is 2.82 bits per heavy atom. The fourth-order valence-electron chi connectivity index (χ4n) is 3.58. The highest BCUT2D eigenvalue weighted by Crippen LogP contribution is 2.27. The lowest BCUT2D eigenvalue weighted by molar-refractivity contribution is 0.193. The Hall–Kier alpha value is -1.94. The Balaban J connectivity index is 0.00000112. The normalized spacial score (nSPS) is 18.8. The number of ether oxygens (including phenoxy) is 1. The van der Waals surface area contributed by atoms with Crippen LogP contribution in [0.4, 0.5) is 0 Å². The molecular weight excluding hydrogens is 403 g/mol. The van der Waals surface area contributed by atoms with E-state index in [0.29, 0.717) is 6.61 Å². The van der Waals surface area contributed by atoms with Gasteiger partial charge in [-0.25, -0.2) is 14.6 Å². The van der Waals surface area contributed by atoms with E-state index in [4.69, 9.17) is 19.8 Å². The van der Waals surface area contributed by atoms with Crippen LogP contribution in [0.5, 0.6) is 0 Å². The van der Waals surface area contributed by atoms with E-state index in [1.54, 1.807) is 10.9 Å². The van der Waals surface area contributed by atoms with Crippen molar-refractivity contribution in [2.24, 2.45) is 7.05 Å². The number of fused-ring (bicyclic) bond motifs is 1. The van der Waals surface area contributed by atoms with E-state index in [1.807, 2.05) is 17.9 Å². The molecule has 28 heavy (non-hydrogen) atoms. The highest BCUT2D eigenvalue weighted by atomic mass is 35.5. The van der Waals surface area contributed by atoms with Gasteiger partial charge < -0.3 is 14.6 Å². The number of hydrogen-bond donors (Lipinski definition) is 1. The van der Waals surface area contributed by atoms with Crippen LogP contribution in [0.2, 0.25) is 0 Å². The maximum atomic E-state index is 5.52. The first-order valence-corrected chi connectivity index (χ1v) is 9.09. The lowest BCUT2D eigenvalue weighted by atomic mass is 10.1. The Bertz CT molecular complexity index is 904. The summed E-state index contributed by atoms with van der Waals surface area (Å²) in [6, 6.07) is 0. The monoisotopic (exact) mass is 426 g/mol. The molecule has 5 rings (SSSR count). The number of hydrogen-bond acceptors (Lipinski definition) is 6. The quantitative estimate of drug-likeness (QED) is 0.679. The molecule has 0 radical (unpaired) electrons. The molecule has 152 valence electrons. The molecule has 1 fully saturated rings. The lowest BCUT2D eigenvalue weighted by Crippen LogP contribution is -2.17. The first-order valence-electron chi connectivity index (χ1n) is 9.09. The number of aryl methyl sites for hydroxylation is 1. The molecule has 3 aromatic heterocycles. The van der Waals surface area contributed by atoms with E-state index in [0.717, 1.165) is 67.9 Å². The van der Waals surface area contributed by atoms with Gasteiger partial charge in [0.15, 0.2) is 11.6 Å². The van der Waals surface area contributed by atoms with Crippen molar-refractivity contribution in [3.8, 4) is 17.2 Å². The summed E-state index contributed by atoms with van der Waals surface area (Å²) in [6.45, 7) is 4.29. The van der Waals surface area contributed by atoms with Gasteiger partial charge in [0.2, 0.25) is 0 Å². The van der Waals surface area contributed by atoms with Crippen molar-refractivity contribution in [2.45, 2.75) is 25.3 Å². The number of aromatic nitrogens is 7. The van der Waals surface area contributed by atoms with Gasteiger partial charge in [-0.1, -0.05) is 0 Å². The van der Waals surface area contributed by atoms with Gasteiger partial charge in [0.1, 0.15) is 17.2 Å². The van der Waals surface area contributed by atoms with Gasteiger partial charge in [-0.3, -0.25) is 4.68 Å². The highest BCUT2D eigenvalue weighted by molar-refractivity contribution is 5.85. The van der Waals surface area contributed by atoms with Crippen molar-refractivity contribution in [3.05, 3.63) is 30.2 Å². The molecular formula is C17H24Cl2N8O. The summed E-state index contributed by atoms with van der Waals surface area (Å²) in [4.78, 5) is 9.71. The van der Waals surface area contributed by atoms with E-state index in [9.17, 15) is 0 Å². The van der Waals surface area contributed by atoms with Gasteiger partial charge >= 0.3 is 0 Å². The van der Waals surface area contributed by atoms with Crippen LogP contribution < -0.4 is 5.32 Å². The van der Waals surface area contributed by atoms with E-state index < -0.39 is 0 Å². The number of rotatable bonds is 3. The summed E-state index contributed by atoms with van der Waals surface area (Å²) in [5.41, 5.74) is 1.76. The second-order valence-electron chi connectivity index (χ2n) is 6.87. The zero-order chi connectivity index (χ0) is 17.5. The predicted octanol–water partition coefficient (Wildman–Crippen LogP) is 1.36. The fourth-order valence-corrected chi connectivity index (χ4v) is 3.58. The third-order valence-corrected chi connectivity index (χ3v) is 5.00. The largest absolute Gasteiger partial charge is 0.381 e. The second kappa shape index (κ2) is 8.60. The molecule has 0 bridgehead atoms. The third-order valence-electron chi connectivity index (χ3n) is 5.00. The van der Waals surface area contributed by atoms with Crippen molar-refractivity contribution < 1.29 is 4.74 Å². The molecule has 1 atom stereocenters. The molecule has 0 spiro atoms. The number of imidazole rings is 1. The molecule has 0 aromatic carbocycles. The first kappa shape index (κ1) is 20.8. The van der Waals surface area contributed by atoms with Crippen molar-refractivity contribution >= 4 is 24.8 Å². The second-order valence-corrected chi connectivity index (χ2v) is 6.87. The summed E-state index contributed by atoms with van der Waals surface area (Å²) in [5, 5.41) is 12.5. The molecule has 0 amide bonds. The summed E-state index contributed by atoms with van der Waals surface area (Å²) < 4.78 is 11.4. The standard InChI is InChI=1S/C17H22N8O.2ClH/c1-23-9-13(8-19-23)25-17(21-16(22-25)12-3-7-26-11-12)14-10-24-6-5-18-4-2-15(24)20-14;;/h8-10,12,18H,2-7,11H2,1H3;2*1H. The lowest BCUT2D eigenvalue weighted by Gasteiger charge is -2.01. The van der Waals surface area contributed by atoms with Crippen LogP contribution in [-0.2, 0) is 24.8 Å². The molecule has 11 heteroatoms. The van der Waals surface area contributed by atoms with E-state index >= 15 is 0 Å². The zero-order valence-electron chi connectivity index (χ0n) is 15.6. The molecule has 3 aromatic rings. The van der Waals surface area contributed by atoms with E-state index in [1.165, 1.54) is 0 Å². The van der Waals surface area contributed by atoms with Gasteiger partial charge in [0.05, 0.1) is 19.0 Å². The summed E-state index contributed by atoms with van der Waals surface area (Å²) in [6.07, 6.45) is 7.72. The first-order chi connectivity index (χ1) is 12.8. The highest BCUT2D eigenvalue weighted by Gasteiger charge is 2.26. The molecule has 0 aliphatic carbocycles. The Morgan fingerprint density at radius 1 is 1.18 bits per heavy atom. The zero-order valence-corrected chi connectivity index (χ0v) is 17.2. The summed E-state index contributed by atoms with van der Waals surface area (Å²) in [7, 11) is 1.90. The maximum Gasteiger partial charge on any atom is 0.183 e. The van der Waals surface area contributed by atoms with Crippen molar-refractivity contribution in [1.29, 1.82) is 0 Å². The minimum absolute atomic E-state index is 0. The van der Waals surface area contributed by atoms with Crippen LogP contribution in [0.25, 0.3) is 17.2 Å². The third kappa shape index (κ3) is 3.80. The summed E-state index contributed by atoms with van der Waals surface area (Å²) >= 11 is 0. The summed E-state index contributed by atoms with van der Waals surface area (Å²) in [5.74, 6) is 2.94. The van der Waals surface area contributed by atoms with Crippen LogP contribution in [0.1, 0.15) is 24.0 Å². The van der Waals surface area contributed by atoms with Crippen molar-refractivity contribution in [2.75, 3.05) is 26.3 Å². The molecule has 1 unspecified atom stereocenters. The molecule has 1 saturated heterocycles. The van der Waals surface area contributed by atoms with Crippen LogP contribution in [-0.4, -0.2) is 60.4 Å². The molecule has 2 aliphatic rings. The number of halogens is 2. The van der Waals surface area contributed by atoms with Crippen LogP contribution in [0.3, 0.4) is 0 Å². The maximum absolute atomic E-state index is 5.52. The smallest absolute Gasteiger partial charge is 0.183 e. The van der Waals surface area contributed by atoms with Crippen LogP contribution in [0, 0.1) is 0 Å². The van der Waals surface area contributed by atoms with Gasteiger partial charge in [0, 0.05) is 51.8 Å². The molecule has 1 N–H and O–H groups in total. The average Bonchev–Trinajstić information content (AvgIpc) is 3.39. The number of nitrogens with zero attached hydrogens (tertiary/aromatic N) is 7. The van der Waals surface area contributed by atoms with Gasteiger partial charge in [-0.15, -0.1) is 24.8 Å². The molecule has 0 saturated carbocycles. The van der Waals surface area contributed by atoms with Crippen LogP contribution in [0.15, 0.2) is 18.6 Å². The van der Waals surface area contributed by atoms with Gasteiger partial charge in [0.25, 0.3) is 0 Å². The Labute approximate surface area is 175 Å². The minimum atomic E-state index is 0. The van der Waals surface area contributed by atoms with Gasteiger partial charge in [-0.05, 0) is 6.42 Å². The van der Waals surface area contributed by atoms with Gasteiger partial charge in [-0.2, -0.15) is 10.2 Å². The molecule has 2 aliphatic heterocycles. The Morgan fingerprint density at radius 2 is 2.07 bits per heavy atom. The van der Waals surface area contributed by atoms with Crippen molar-refractivity contribution in [1.82, 2.24) is 39.4 Å². The van der Waals surface area contributed by atoms with E-state index in [2.05, 4.69) is 21.2 Å².